The lowest BCUT2D eigenvalue weighted by molar-refractivity contribution is -0.150. The molecule has 1 heterocycles. The summed E-state index contributed by atoms with van der Waals surface area (Å²) in [6.07, 6.45) is 1.73. The van der Waals surface area contributed by atoms with Crippen molar-refractivity contribution in [3.63, 3.8) is 0 Å². The van der Waals surface area contributed by atoms with Crippen molar-refractivity contribution < 1.29 is 19.1 Å². The molecule has 1 aromatic rings. The molecule has 0 spiro atoms. The Morgan fingerprint density at radius 3 is 2.76 bits per heavy atom. The molecule has 1 fully saturated rings. The van der Waals surface area contributed by atoms with Crippen LogP contribution in [0.1, 0.15) is 24.0 Å². The summed E-state index contributed by atoms with van der Waals surface area (Å²) in [7, 11) is 2.94. The van der Waals surface area contributed by atoms with Crippen molar-refractivity contribution in [3.8, 4) is 5.75 Å². The van der Waals surface area contributed by atoms with Gasteiger partial charge in [-0.2, -0.15) is 0 Å². The molecule has 5 nitrogen and oxygen atoms in total. The molecule has 0 radical (unpaired) electrons. The van der Waals surface area contributed by atoms with Crippen LogP contribution < -0.4 is 4.74 Å². The summed E-state index contributed by atoms with van der Waals surface area (Å²) in [5, 5.41) is 0. The fourth-order valence-corrected chi connectivity index (χ4v) is 2.76. The Hall–Kier alpha value is -2.04. The SMILES string of the molecule is COC(=O)C1CCCN1C(=O)Cc1cc(C)ccc1OC. The largest absolute Gasteiger partial charge is 0.496 e. The summed E-state index contributed by atoms with van der Waals surface area (Å²) in [6.45, 7) is 2.58. The molecule has 1 aromatic carbocycles. The van der Waals surface area contributed by atoms with Crippen molar-refractivity contribution in [2.45, 2.75) is 32.2 Å². The third kappa shape index (κ3) is 3.35. The van der Waals surface area contributed by atoms with Crippen LogP contribution in [-0.2, 0) is 20.7 Å². The van der Waals surface area contributed by atoms with Crippen LogP contribution in [0.25, 0.3) is 0 Å². The van der Waals surface area contributed by atoms with E-state index in [9.17, 15) is 9.59 Å². The first-order chi connectivity index (χ1) is 10.1. The summed E-state index contributed by atoms with van der Waals surface area (Å²) in [5.41, 5.74) is 1.92. The van der Waals surface area contributed by atoms with Gasteiger partial charge in [0.15, 0.2) is 0 Å². The second-order valence-electron chi connectivity index (χ2n) is 5.26. The predicted octanol–water partition coefficient (Wildman–Crippen LogP) is 1.71. The average Bonchev–Trinajstić information content (AvgIpc) is 2.96. The molecule has 1 unspecified atom stereocenters. The number of benzene rings is 1. The van der Waals surface area contributed by atoms with E-state index in [-0.39, 0.29) is 18.3 Å². The maximum Gasteiger partial charge on any atom is 0.328 e. The molecule has 0 aromatic heterocycles. The summed E-state index contributed by atoms with van der Waals surface area (Å²) in [5.74, 6) is 0.298. The van der Waals surface area contributed by atoms with Gasteiger partial charge in [-0.3, -0.25) is 4.79 Å². The van der Waals surface area contributed by atoms with Gasteiger partial charge in [0.2, 0.25) is 5.91 Å². The number of rotatable bonds is 4. The summed E-state index contributed by atoms with van der Waals surface area (Å²) >= 11 is 0. The number of carbonyl (C=O) groups excluding carboxylic acids is 2. The first-order valence-electron chi connectivity index (χ1n) is 7.07. The minimum atomic E-state index is -0.446. The number of ether oxygens (including phenoxy) is 2. The maximum absolute atomic E-state index is 12.5. The molecule has 21 heavy (non-hydrogen) atoms. The highest BCUT2D eigenvalue weighted by Crippen LogP contribution is 2.24. The highest BCUT2D eigenvalue weighted by Gasteiger charge is 2.34. The normalized spacial score (nSPS) is 17.7. The molecule has 1 amide bonds. The molecule has 1 atom stereocenters. The van der Waals surface area contributed by atoms with Gasteiger partial charge in [0.25, 0.3) is 0 Å². The lowest BCUT2D eigenvalue weighted by Gasteiger charge is -2.23. The Labute approximate surface area is 124 Å². The average molecular weight is 291 g/mol. The van der Waals surface area contributed by atoms with E-state index in [4.69, 9.17) is 9.47 Å². The van der Waals surface area contributed by atoms with Crippen molar-refractivity contribution in [1.29, 1.82) is 0 Å². The Morgan fingerprint density at radius 2 is 2.10 bits per heavy atom. The van der Waals surface area contributed by atoms with Crippen LogP contribution in [0.4, 0.5) is 0 Å². The minimum absolute atomic E-state index is 0.0631. The first-order valence-corrected chi connectivity index (χ1v) is 7.07. The van der Waals surface area contributed by atoms with E-state index in [1.54, 1.807) is 12.0 Å². The van der Waals surface area contributed by atoms with E-state index in [0.717, 1.165) is 17.5 Å². The van der Waals surface area contributed by atoms with Gasteiger partial charge in [-0.15, -0.1) is 0 Å². The fourth-order valence-electron chi connectivity index (χ4n) is 2.76. The minimum Gasteiger partial charge on any atom is -0.496 e. The number of hydrogen-bond acceptors (Lipinski definition) is 4. The van der Waals surface area contributed by atoms with Crippen LogP contribution in [0.2, 0.25) is 0 Å². The Morgan fingerprint density at radius 1 is 1.33 bits per heavy atom. The lowest BCUT2D eigenvalue weighted by Crippen LogP contribution is -2.41. The molecule has 5 heteroatoms. The number of hydrogen-bond donors (Lipinski definition) is 0. The molecular formula is C16H21NO4. The third-order valence-electron chi connectivity index (χ3n) is 3.82. The van der Waals surface area contributed by atoms with Crippen molar-refractivity contribution in [1.82, 2.24) is 4.90 Å². The van der Waals surface area contributed by atoms with Gasteiger partial charge in [-0.05, 0) is 25.8 Å². The quantitative estimate of drug-likeness (QED) is 0.793. The van der Waals surface area contributed by atoms with Gasteiger partial charge in [-0.1, -0.05) is 17.7 Å². The number of likely N-dealkylation sites (tertiary alicyclic amines) is 1. The first kappa shape index (κ1) is 15.4. The van der Waals surface area contributed by atoms with E-state index >= 15 is 0 Å². The van der Waals surface area contributed by atoms with Gasteiger partial charge in [0.1, 0.15) is 11.8 Å². The van der Waals surface area contributed by atoms with E-state index in [1.165, 1.54) is 7.11 Å². The highest BCUT2D eigenvalue weighted by atomic mass is 16.5. The summed E-state index contributed by atoms with van der Waals surface area (Å²) in [4.78, 5) is 25.8. The molecule has 0 bridgehead atoms. The second-order valence-corrected chi connectivity index (χ2v) is 5.26. The summed E-state index contributed by atoms with van der Waals surface area (Å²) < 4.78 is 10.1. The Kier molecular flexibility index (Phi) is 4.83. The number of esters is 1. The van der Waals surface area contributed by atoms with Crippen LogP contribution in [0, 0.1) is 6.92 Å². The van der Waals surface area contributed by atoms with E-state index < -0.39 is 6.04 Å². The maximum atomic E-state index is 12.5. The third-order valence-corrected chi connectivity index (χ3v) is 3.82. The topological polar surface area (TPSA) is 55.8 Å². The van der Waals surface area contributed by atoms with Crippen molar-refractivity contribution in [3.05, 3.63) is 29.3 Å². The van der Waals surface area contributed by atoms with Crippen molar-refractivity contribution >= 4 is 11.9 Å². The molecule has 1 aliphatic rings. The Bertz CT molecular complexity index is 541. The van der Waals surface area contributed by atoms with Gasteiger partial charge in [0, 0.05) is 12.1 Å². The molecule has 0 aliphatic carbocycles. The van der Waals surface area contributed by atoms with Gasteiger partial charge in [-0.25, -0.2) is 4.79 Å². The van der Waals surface area contributed by atoms with Gasteiger partial charge in [0.05, 0.1) is 20.6 Å². The molecule has 2 rings (SSSR count). The standard InChI is InChI=1S/C16H21NO4/c1-11-6-7-14(20-2)12(9-11)10-15(18)17-8-4-5-13(17)16(19)21-3/h6-7,9,13H,4-5,8,10H2,1-3H3. The van der Waals surface area contributed by atoms with E-state index in [0.29, 0.717) is 18.7 Å². The van der Waals surface area contributed by atoms with Crippen molar-refractivity contribution in [2.75, 3.05) is 20.8 Å². The number of methoxy groups -OCH3 is 2. The number of amides is 1. The lowest BCUT2D eigenvalue weighted by atomic mass is 10.1. The predicted molar refractivity (Wildman–Crippen MR) is 78.2 cm³/mol. The molecule has 0 N–H and O–H groups in total. The summed E-state index contributed by atoms with van der Waals surface area (Å²) in [6, 6.07) is 5.30. The molecule has 114 valence electrons. The van der Waals surface area contributed by atoms with Crippen LogP contribution >= 0.6 is 0 Å². The zero-order valence-electron chi connectivity index (χ0n) is 12.7. The van der Waals surface area contributed by atoms with Crippen LogP contribution in [-0.4, -0.2) is 43.6 Å². The zero-order chi connectivity index (χ0) is 15.4. The van der Waals surface area contributed by atoms with E-state index in [2.05, 4.69) is 0 Å². The monoisotopic (exact) mass is 291 g/mol. The number of aryl methyl sites for hydroxylation is 1. The zero-order valence-corrected chi connectivity index (χ0v) is 12.7. The van der Waals surface area contributed by atoms with Crippen LogP contribution in [0.15, 0.2) is 18.2 Å². The van der Waals surface area contributed by atoms with Gasteiger partial charge >= 0.3 is 5.97 Å². The van der Waals surface area contributed by atoms with Crippen LogP contribution in [0.5, 0.6) is 5.75 Å². The van der Waals surface area contributed by atoms with Gasteiger partial charge < -0.3 is 14.4 Å². The molecule has 1 aliphatic heterocycles. The smallest absolute Gasteiger partial charge is 0.328 e. The second kappa shape index (κ2) is 6.61. The van der Waals surface area contributed by atoms with E-state index in [1.807, 2.05) is 25.1 Å². The number of nitrogens with zero attached hydrogens (tertiary/aromatic N) is 1. The highest BCUT2D eigenvalue weighted by molar-refractivity contribution is 5.86. The molecular weight excluding hydrogens is 270 g/mol. The van der Waals surface area contributed by atoms with Crippen LogP contribution in [0.3, 0.4) is 0 Å². The fraction of sp³-hybridized carbons (Fsp3) is 0.500. The Balaban J connectivity index is 2.14. The molecule has 1 saturated heterocycles. The number of carbonyl (C=O) groups is 2. The van der Waals surface area contributed by atoms with Crippen molar-refractivity contribution in [2.24, 2.45) is 0 Å². The molecule has 0 saturated carbocycles.